The minimum atomic E-state index is -0.229. The molecular weight excluding hydrogens is 452 g/mol. The topological polar surface area (TPSA) is 106 Å². The summed E-state index contributed by atoms with van der Waals surface area (Å²) in [5, 5.41) is 12.9. The predicted molar refractivity (Wildman–Crippen MR) is 139 cm³/mol. The summed E-state index contributed by atoms with van der Waals surface area (Å²) >= 11 is 0. The van der Waals surface area contributed by atoms with E-state index in [1.165, 1.54) is 0 Å². The quantitative estimate of drug-likeness (QED) is 0.396. The maximum atomic E-state index is 13.1. The molecule has 5 aromatic rings. The summed E-state index contributed by atoms with van der Waals surface area (Å²) in [7, 11) is 1.95. The number of nitrogens with zero attached hydrogens (tertiary/aromatic N) is 6. The fraction of sp³-hybridized carbons (Fsp3) is 0.148. The molecule has 0 aliphatic carbocycles. The van der Waals surface area contributed by atoms with Crippen molar-refractivity contribution in [1.29, 1.82) is 0 Å². The third-order valence-electron chi connectivity index (χ3n) is 6.55. The van der Waals surface area contributed by atoms with E-state index in [0.717, 1.165) is 50.4 Å². The number of hydrogen-bond acceptors (Lipinski definition) is 5. The van der Waals surface area contributed by atoms with Gasteiger partial charge in [-0.2, -0.15) is 10.2 Å². The van der Waals surface area contributed by atoms with Crippen molar-refractivity contribution in [2.24, 2.45) is 7.05 Å². The SMILES string of the molecule is Cc1nn(C)c(C)c1-c1cnc2[nH]cc(C3=Cc4c(C(=O)Nc5cccnc5)cnn4CC=C3)c2c1. The molecule has 0 unspecified atom stereocenters. The van der Waals surface area contributed by atoms with Crippen LogP contribution in [-0.4, -0.2) is 40.4 Å². The van der Waals surface area contributed by atoms with E-state index in [1.807, 2.05) is 47.9 Å². The number of aryl methyl sites for hydroxylation is 2. The van der Waals surface area contributed by atoms with Gasteiger partial charge in [-0.05, 0) is 43.7 Å². The molecule has 0 atom stereocenters. The molecule has 178 valence electrons. The zero-order valence-electron chi connectivity index (χ0n) is 20.1. The number of pyridine rings is 2. The number of aromatic amines is 1. The van der Waals surface area contributed by atoms with E-state index in [9.17, 15) is 4.79 Å². The first kappa shape index (κ1) is 21.7. The molecule has 9 heteroatoms. The van der Waals surface area contributed by atoms with E-state index >= 15 is 0 Å². The maximum Gasteiger partial charge on any atom is 0.259 e. The third kappa shape index (κ3) is 3.61. The second kappa shape index (κ2) is 8.46. The third-order valence-corrected chi connectivity index (χ3v) is 6.55. The molecule has 0 aromatic carbocycles. The molecule has 6 rings (SSSR count). The molecule has 6 heterocycles. The Morgan fingerprint density at radius 1 is 1.19 bits per heavy atom. The molecule has 0 spiro atoms. The highest BCUT2D eigenvalue weighted by atomic mass is 16.1. The number of aromatic nitrogens is 7. The number of allylic oxidation sites excluding steroid dienone is 3. The molecule has 0 bridgehead atoms. The van der Waals surface area contributed by atoms with Crippen molar-refractivity contribution in [3.8, 4) is 11.1 Å². The van der Waals surface area contributed by atoms with E-state index in [0.29, 0.717) is 17.8 Å². The van der Waals surface area contributed by atoms with Crippen LogP contribution in [0.5, 0.6) is 0 Å². The Labute approximate surface area is 207 Å². The van der Waals surface area contributed by atoms with E-state index in [2.05, 4.69) is 49.5 Å². The number of anilines is 1. The maximum absolute atomic E-state index is 13.1. The first-order valence-corrected chi connectivity index (χ1v) is 11.6. The van der Waals surface area contributed by atoms with Gasteiger partial charge in [-0.15, -0.1) is 0 Å². The lowest BCUT2D eigenvalue weighted by Gasteiger charge is -2.06. The van der Waals surface area contributed by atoms with Gasteiger partial charge >= 0.3 is 0 Å². The van der Waals surface area contributed by atoms with Crippen molar-refractivity contribution in [1.82, 2.24) is 34.5 Å². The van der Waals surface area contributed by atoms with E-state index in [1.54, 1.807) is 30.7 Å². The van der Waals surface area contributed by atoms with E-state index in [4.69, 9.17) is 0 Å². The van der Waals surface area contributed by atoms with Crippen LogP contribution >= 0.6 is 0 Å². The molecule has 5 aromatic heterocycles. The van der Waals surface area contributed by atoms with Crippen LogP contribution in [0, 0.1) is 13.8 Å². The number of fused-ring (bicyclic) bond motifs is 2. The van der Waals surface area contributed by atoms with Gasteiger partial charge in [-0.1, -0.05) is 12.2 Å². The summed E-state index contributed by atoms with van der Waals surface area (Å²) in [6.45, 7) is 4.64. The van der Waals surface area contributed by atoms with Gasteiger partial charge in [0.2, 0.25) is 0 Å². The second-order valence-corrected chi connectivity index (χ2v) is 8.82. The molecule has 1 aliphatic rings. The highest BCUT2D eigenvalue weighted by Gasteiger charge is 2.20. The smallest absolute Gasteiger partial charge is 0.259 e. The summed E-state index contributed by atoms with van der Waals surface area (Å²) < 4.78 is 3.71. The number of amides is 1. The molecule has 9 nitrogen and oxygen atoms in total. The van der Waals surface area contributed by atoms with Crippen molar-refractivity contribution < 1.29 is 4.79 Å². The first-order chi connectivity index (χ1) is 17.5. The largest absolute Gasteiger partial charge is 0.346 e. The van der Waals surface area contributed by atoms with Gasteiger partial charge < -0.3 is 10.3 Å². The number of carbonyl (C=O) groups is 1. The highest BCUT2D eigenvalue weighted by Crippen LogP contribution is 2.33. The lowest BCUT2D eigenvalue weighted by molar-refractivity contribution is 0.102. The molecule has 0 saturated heterocycles. The van der Waals surface area contributed by atoms with Gasteiger partial charge in [0.25, 0.3) is 5.91 Å². The summed E-state index contributed by atoms with van der Waals surface area (Å²) in [4.78, 5) is 25.1. The number of rotatable bonds is 4. The van der Waals surface area contributed by atoms with Crippen LogP contribution in [0.3, 0.4) is 0 Å². The standard InChI is InChI=1S/C27H24N8O/c1-16-25(17(2)34(3)33-16)19-10-21-22(14-30-26(21)29-12-19)18-6-5-9-35-24(11-18)23(15-31-35)27(36)32-20-7-4-8-28-13-20/h4-8,10-15H,9H2,1-3H3,(H,29,30)(H,32,36). The lowest BCUT2D eigenvalue weighted by atomic mass is 10.00. The number of carbonyl (C=O) groups excluding carboxylic acids is 1. The molecule has 0 radical (unpaired) electrons. The number of nitrogens with one attached hydrogen (secondary N) is 2. The summed E-state index contributed by atoms with van der Waals surface area (Å²) in [6, 6.07) is 5.74. The van der Waals surface area contributed by atoms with Crippen molar-refractivity contribution in [2.45, 2.75) is 20.4 Å². The predicted octanol–water partition coefficient (Wildman–Crippen LogP) is 4.53. The fourth-order valence-corrected chi connectivity index (χ4v) is 4.72. The Morgan fingerprint density at radius 2 is 2.08 bits per heavy atom. The van der Waals surface area contributed by atoms with Crippen LogP contribution < -0.4 is 5.32 Å². The van der Waals surface area contributed by atoms with Gasteiger partial charge in [0.15, 0.2) is 0 Å². The Hall–Kier alpha value is -4.79. The van der Waals surface area contributed by atoms with Crippen LogP contribution in [-0.2, 0) is 13.6 Å². The Bertz CT molecular complexity index is 1680. The van der Waals surface area contributed by atoms with Crippen molar-refractivity contribution in [3.05, 3.63) is 89.5 Å². The van der Waals surface area contributed by atoms with Crippen LogP contribution in [0.2, 0.25) is 0 Å². The highest BCUT2D eigenvalue weighted by molar-refractivity contribution is 6.08. The molecule has 2 N–H and O–H groups in total. The Morgan fingerprint density at radius 3 is 2.86 bits per heavy atom. The second-order valence-electron chi connectivity index (χ2n) is 8.82. The lowest BCUT2D eigenvalue weighted by Crippen LogP contribution is -2.13. The van der Waals surface area contributed by atoms with E-state index in [-0.39, 0.29) is 5.91 Å². The summed E-state index contributed by atoms with van der Waals surface area (Å²) in [5.74, 6) is -0.229. The van der Waals surface area contributed by atoms with Crippen LogP contribution in [0.15, 0.2) is 61.3 Å². The van der Waals surface area contributed by atoms with Crippen LogP contribution in [0.25, 0.3) is 33.8 Å². The van der Waals surface area contributed by atoms with Gasteiger partial charge in [0.1, 0.15) is 5.65 Å². The summed E-state index contributed by atoms with van der Waals surface area (Å²) in [5.41, 5.74) is 8.82. The van der Waals surface area contributed by atoms with Gasteiger partial charge in [-0.25, -0.2) is 4.98 Å². The first-order valence-electron chi connectivity index (χ1n) is 11.6. The Balaban J connectivity index is 1.42. The van der Waals surface area contributed by atoms with Gasteiger partial charge in [0, 0.05) is 53.4 Å². The van der Waals surface area contributed by atoms with E-state index < -0.39 is 0 Å². The van der Waals surface area contributed by atoms with Crippen molar-refractivity contribution in [2.75, 3.05) is 5.32 Å². The average molecular weight is 477 g/mol. The summed E-state index contributed by atoms with van der Waals surface area (Å²) in [6.07, 6.45) is 14.8. The molecule has 36 heavy (non-hydrogen) atoms. The van der Waals surface area contributed by atoms with Gasteiger partial charge in [-0.3, -0.25) is 19.1 Å². The molecule has 0 fully saturated rings. The fourth-order valence-electron chi connectivity index (χ4n) is 4.72. The van der Waals surface area contributed by atoms with Crippen molar-refractivity contribution >= 4 is 34.3 Å². The molecular formula is C27H24N8O. The Kier molecular flexibility index (Phi) is 5.10. The average Bonchev–Trinajstić information content (AvgIpc) is 3.50. The number of hydrogen-bond donors (Lipinski definition) is 2. The zero-order valence-corrected chi connectivity index (χ0v) is 20.1. The normalized spacial score (nSPS) is 12.9. The number of H-pyrrole nitrogens is 1. The molecule has 0 saturated carbocycles. The monoisotopic (exact) mass is 476 g/mol. The molecule has 1 amide bonds. The zero-order chi connectivity index (χ0) is 24.8. The van der Waals surface area contributed by atoms with Gasteiger partial charge in [0.05, 0.1) is 41.6 Å². The van der Waals surface area contributed by atoms with Crippen molar-refractivity contribution in [3.63, 3.8) is 0 Å². The van der Waals surface area contributed by atoms with Crippen LogP contribution in [0.4, 0.5) is 5.69 Å². The minimum Gasteiger partial charge on any atom is -0.346 e. The molecule has 1 aliphatic heterocycles. The minimum absolute atomic E-state index is 0.229. The van der Waals surface area contributed by atoms with Crippen LogP contribution in [0.1, 0.15) is 33.0 Å².